The van der Waals surface area contributed by atoms with Crippen LogP contribution in [0.15, 0.2) is 23.2 Å². The van der Waals surface area contributed by atoms with E-state index in [9.17, 15) is 4.79 Å². The van der Waals surface area contributed by atoms with Gasteiger partial charge in [0.05, 0.1) is 7.11 Å². The van der Waals surface area contributed by atoms with Crippen LogP contribution < -0.4 is 15.4 Å². The molecule has 0 radical (unpaired) electrons. The molecule has 1 aromatic carbocycles. The summed E-state index contributed by atoms with van der Waals surface area (Å²) in [7, 11) is 1.67. The number of nitrogens with zero attached hydrogens (tertiary/aromatic N) is 1. The number of fused-ring (bicyclic) bond motifs is 1. The fourth-order valence-corrected chi connectivity index (χ4v) is 2.39. The zero-order valence-electron chi connectivity index (χ0n) is 12.9. The van der Waals surface area contributed by atoms with E-state index in [-0.39, 0.29) is 12.1 Å². The lowest BCUT2D eigenvalue weighted by Gasteiger charge is -2.18. The molecular weight excluding hydrogens is 266 g/mol. The van der Waals surface area contributed by atoms with Gasteiger partial charge in [0, 0.05) is 36.8 Å². The van der Waals surface area contributed by atoms with Gasteiger partial charge in [-0.2, -0.15) is 0 Å². The molecule has 5 nitrogen and oxygen atoms in total. The van der Waals surface area contributed by atoms with Gasteiger partial charge in [-0.05, 0) is 38.0 Å². The summed E-state index contributed by atoms with van der Waals surface area (Å²) in [4.78, 5) is 16.2. The minimum absolute atomic E-state index is 0.132. The van der Waals surface area contributed by atoms with Crippen LogP contribution in [-0.4, -0.2) is 38.0 Å². The summed E-state index contributed by atoms with van der Waals surface area (Å²) < 4.78 is 5.28. The molecule has 2 N–H and O–H groups in total. The number of urea groups is 1. The zero-order chi connectivity index (χ0) is 15.2. The number of aliphatic imine (C=N–C) groups is 1. The summed E-state index contributed by atoms with van der Waals surface area (Å²) in [5, 5.41) is 5.67. The van der Waals surface area contributed by atoms with Crippen LogP contribution in [0.1, 0.15) is 31.4 Å². The van der Waals surface area contributed by atoms with E-state index < -0.39 is 0 Å². The van der Waals surface area contributed by atoms with Crippen molar-refractivity contribution < 1.29 is 9.53 Å². The Morgan fingerprint density at radius 2 is 2.24 bits per heavy atom. The van der Waals surface area contributed by atoms with Crippen LogP contribution in [0.25, 0.3) is 0 Å². The summed E-state index contributed by atoms with van der Waals surface area (Å²) in [5.74, 6) is 0.842. The Morgan fingerprint density at radius 1 is 1.43 bits per heavy atom. The van der Waals surface area contributed by atoms with Gasteiger partial charge >= 0.3 is 6.03 Å². The van der Waals surface area contributed by atoms with E-state index in [0.717, 1.165) is 36.4 Å². The molecule has 0 aromatic heterocycles. The van der Waals surface area contributed by atoms with Gasteiger partial charge in [0.1, 0.15) is 5.75 Å². The number of carbonyl (C=O) groups excluding carboxylic acids is 1. The van der Waals surface area contributed by atoms with Gasteiger partial charge in [0.25, 0.3) is 0 Å². The van der Waals surface area contributed by atoms with Gasteiger partial charge in [-0.3, -0.25) is 4.99 Å². The summed E-state index contributed by atoms with van der Waals surface area (Å²) >= 11 is 0. The number of ether oxygens (including phenoxy) is 1. The lowest BCUT2D eigenvalue weighted by atomic mass is 9.95. The molecule has 0 bridgehead atoms. The number of methoxy groups -OCH3 is 1. The Labute approximate surface area is 125 Å². The number of rotatable bonds is 5. The Kier molecular flexibility index (Phi) is 5.20. The molecule has 2 amide bonds. The van der Waals surface area contributed by atoms with Crippen LogP contribution >= 0.6 is 0 Å². The van der Waals surface area contributed by atoms with Gasteiger partial charge in [0.15, 0.2) is 0 Å². The lowest BCUT2D eigenvalue weighted by molar-refractivity contribution is 0.239. The van der Waals surface area contributed by atoms with E-state index in [0.29, 0.717) is 6.54 Å². The molecule has 0 spiro atoms. The van der Waals surface area contributed by atoms with Gasteiger partial charge < -0.3 is 15.4 Å². The first kappa shape index (κ1) is 15.4. The number of amides is 2. The Bertz CT molecular complexity index is 538. The third-order valence-electron chi connectivity index (χ3n) is 3.38. The maximum atomic E-state index is 11.6. The monoisotopic (exact) mass is 289 g/mol. The highest BCUT2D eigenvalue weighted by molar-refractivity contribution is 6.03. The van der Waals surface area contributed by atoms with Crippen LogP contribution in [0.5, 0.6) is 5.75 Å². The maximum Gasteiger partial charge on any atom is 0.314 e. The summed E-state index contributed by atoms with van der Waals surface area (Å²) in [6.07, 6.45) is 1.69. The third kappa shape index (κ3) is 4.21. The van der Waals surface area contributed by atoms with E-state index in [1.54, 1.807) is 7.11 Å². The fraction of sp³-hybridized carbons (Fsp3) is 0.500. The molecule has 1 heterocycles. The number of hydrogen-bond acceptors (Lipinski definition) is 3. The van der Waals surface area contributed by atoms with Gasteiger partial charge in [-0.15, -0.1) is 0 Å². The predicted octanol–water partition coefficient (Wildman–Crippen LogP) is 2.14. The molecule has 2 rings (SSSR count). The molecule has 114 valence electrons. The van der Waals surface area contributed by atoms with Crippen molar-refractivity contribution in [3.05, 3.63) is 29.3 Å². The Balaban J connectivity index is 1.96. The second-order valence-electron chi connectivity index (χ2n) is 5.41. The van der Waals surface area contributed by atoms with Crippen molar-refractivity contribution in [3.8, 4) is 5.75 Å². The highest BCUT2D eigenvalue weighted by Crippen LogP contribution is 2.23. The van der Waals surface area contributed by atoms with E-state index in [1.807, 2.05) is 26.0 Å². The average molecular weight is 289 g/mol. The smallest absolute Gasteiger partial charge is 0.314 e. The van der Waals surface area contributed by atoms with Gasteiger partial charge in [-0.25, -0.2) is 4.79 Å². The van der Waals surface area contributed by atoms with Crippen molar-refractivity contribution in [1.29, 1.82) is 0 Å². The molecule has 1 aliphatic heterocycles. The Hall–Kier alpha value is -2.04. The fourth-order valence-electron chi connectivity index (χ4n) is 2.39. The second-order valence-corrected chi connectivity index (χ2v) is 5.41. The van der Waals surface area contributed by atoms with Crippen molar-refractivity contribution in [2.45, 2.75) is 32.7 Å². The summed E-state index contributed by atoms with van der Waals surface area (Å²) in [6.45, 7) is 5.27. The van der Waals surface area contributed by atoms with Crippen LogP contribution in [-0.2, 0) is 6.42 Å². The second kappa shape index (κ2) is 7.11. The van der Waals surface area contributed by atoms with Crippen LogP contribution in [0.4, 0.5) is 4.79 Å². The topological polar surface area (TPSA) is 62.7 Å². The Morgan fingerprint density at radius 3 is 2.95 bits per heavy atom. The van der Waals surface area contributed by atoms with Crippen molar-refractivity contribution in [2.75, 3.05) is 20.2 Å². The normalized spacial score (nSPS) is 13.4. The van der Waals surface area contributed by atoms with Gasteiger partial charge in [0.2, 0.25) is 0 Å². The first-order valence-electron chi connectivity index (χ1n) is 7.35. The lowest BCUT2D eigenvalue weighted by Crippen LogP contribution is -2.40. The average Bonchev–Trinajstić information content (AvgIpc) is 2.46. The SMILES string of the molecule is COc1ccc2c(c1)C(CCNC(=O)NC(C)C)=NCC2. The number of benzene rings is 1. The molecule has 0 atom stereocenters. The summed E-state index contributed by atoms with van der Waals surface area (Å²) in [6, 6.07) is 6.12. The summed E-state index contributed by atoms with van der Waals surface area (Å²) in [5.41, 5.74) is 3.49. The number of carbonyl (C=O) groups is 1. The highest BCUT2D eigenvalue weighted by atomic mass is 16.5. The van der Waals surface area contributed by atoms with Crippen molar-refractivity contribution in [3.63, 3.8) is 0 Å². The van der Waals surface area contributed by atoms with Gasteiger partial charge in [-0.1, -0.05) is 6.07 Å². The molecule has 0 saturated carbocycles. The van der Waals surface area contributed by atoms with Crippen molar-refractivity contribution in [1.82, 2.24) is 10.6 Å². The zero-order valence-corrected chi connectivity index (χ0v) is 12.9. The molecule has 21 heavy (non-hydrogen) atoms. The molecular formula is C16H23N3O2. The molecule has 0 aliphatic carbocycles. The quantitative estimate of drug-likeness (QED) is 0.872. The van der Waals surface area contributed by atoms with Crippen molar-refractivity contribution >= 4 is 11.7 Å². The number of nitrogens with one attached hydrogen (secondary N) is 2. The maximum absolute atomic E-state index is 11.6. The predicted molar refractivity (Wildman–Crippen MR) is 84.4 cm³/mol. The molecule has 0 saturated heterocycles. The molecule has 5 heteroatoms. The van der Waals surface area contributed by atoms with Crippen LogP contribution in [0.3, 0.4) is 0 Å². The van der Waals surface area contributed by atoms with Crippen LogP contribution in [0, 0.1) is 0 Å². The molecule has 1 aliphatic rings. The van der Waals surface area contributed by atoms with E-state index in [4.69, 9.17) is 4.74 Å². The first-order chi connectivity index (χ1) is 10.1. The highest BCUT2D eigenvalue weighted by Gasteiger charge is 2.15. The molecule has 0 fully saturated rings. The van der Waals surface area contributed by atoms with E-state index >= 15 is 0 Å². The standard InChI is InChI=1S/C16H23N3O2/c1-11(2)19-16(20)18-9-7-15-14-10-13(21-3)5-4-12(14)6-8-17-15/h4-5,10-11H,6-9H2,1-3H3,(H2,18,19,20). The van der Waals surface area contributed by atoms with E-state index in [2.05, 4.69) is 21.7 Å². The minimum atomic E-state index is -0.132. The minimum Gasteiger partial charge on any atom is -0.497 e. The van der Waals surface area contributed by atoms with Crippen LogP contribution in [0.2, 0.25) is 0 Å². The van der Waals surface area contributed by atoms with Crippen molar-refractivity contribution in [2.24, 2.45) is 4.99 Å². The molecule has 0 unspecified atom stereocenters. The largest absolute Gasteiger partial charge is 0.497 e. The first-order valence-corrected chi connectivity index (χ1v) is 7.35. The molecule has 1 aromatic rings. The third-order valence-corrected chi connectivity index (χ3v) is 3.38. The van der Waals surface area contributed by atoms with E-state index in [1.165, 1.54) is 5.56 Å². The number of hydrogen-bond donors (Lipinski definition) is 2.